The summed E-state index contributed by atoms with van der Waals surface area (Å²) in [5.41, 5.74) is 6.81. The van der Waals surface area contributed by atoms with Gasteiger partial charge in [-0.25, -0.2) is 8.42 Å². The minimum atomic E-state index is -4.09. The highest BCUT2D eigenvalue weighted by Crippen LogP contribution is 2.31. The first-order chi connectivity index (χ1) is 14.3. The number of nitrogens with two attached hydrogens (primary N) is 1. The number of sulfonamides is 1. The fourth-order valence-electron chi connectivity index (χ4n) is 3.12. The quantitative estimate of drug-likeness (QED) is 0.572. The highest BCUT2D eigenvalue weighted by Gasteiger charge is 2.36. The molecule has 3 aromatic rings. The summed E-state index contributed by atoms with van der Waals surface area (Å²) >= 11 is 5.92. The minimum absolute atomic E-state index is 0.0111. The molecule has 0 bridgehead atoms. The van der Waals surface area contributed by atoms with Crippen LogP contribution >= 0.6 is 11.6 Å². The largest absolute Gasteiger partial charge is 0.497 e. The van der Waals surface area contributed by atoms with E-state index in [0.717, 1.165) is 4.31 Å². The zero-order valence-corrected chi connectivity index (χ0v) is 17.8. The van der Waals surface area contributed by atoms with Crippen LogP contribution in [0, 0.1) is 0 Å². The van der Waals surface area contributed by atoms with Crippen LogP contribution in [0.3, 0.4) is 0 Å². The second kappa shape index (κ2) is 9.30. The van der Waals surface area contributed by atoms with Gasteiger partial charge in [0, 0.05) is 11.6 Å². The predicted octanol–water partition coefficient (Wildman–Crippen LogP) is 3.77. The first kappa shape index (κ1) is 21.8. The fraction of sp³-hybridized carbons (Fsp3) is 0.136. The van der Waals surface area contributed by atoms with Gasteiger partial charge in [-0.1, -0.05) is 54.1 Å². The highest BCUT2D eigenvalue weighted by atomic mass is 35.5. The van der Waals surface area contributed by atoms with E-state index in [2.05, 4.69) is 0 Å². The normalized spacial score (nSPS) is 12.5. The van der Waals surface area contributed by atoms with E-state index in [1.54, 1.807) is 54.6 Å². The van der Waals surface area contributed by atoms with E-state index in [1.807, 2.05) is 0 Å². The van der Waals surface area contributed by atoms with Crippen molar-refractivity contribution >= 4 is 27.5 Å². The fourth-order valence-corrected chi connectivity index (χ4v) is 4.81. The summed E-state index contributed by atoms with van der Waals surface area (Å²) in [5.74, 6) is -0.201. The Labute approximate surface area is 180 Å². The van der Waals surface area contributed by atoms with Crippen molar-refractivity contribution in [3.05, 3.63) is 95.0 Å². The molecule has 0 saturated heterocycles. The Balaban J connectivity index is 2.14. The van der Waals surface area contributed by atoms with Crippen molar-refractivity contribution in [1.29, 1.82) is 0 Å². The van der Waals surface area contributed by atoms with Gasteiger partial charge in [0.15, 0.2) is 0 Å². The van der Waals surface area contributed by atoms with E-state index in [4.69, 9.17) is 22.1 Å². The average Bonchev–Trinajstić information content (AvgIpc) is 2.74. The molecule has 8 heteroatoms. The Bertz CT molecular complexity index is 1120. The lowest BCUT2D eigenvalue weighted by atomic mass is 10.1. The third kappa shape index (κ3) is 4.81. The third-order valence-electron chi connectivity index (χ3n) is 4.57. The van der Waals surface area contributed by atoms with Crippen molar-refractivity contribution in [2.24, 2.45) is 5.73 Å². The molecule has 3 rings (SSSR count). The van der Waals surface area contributed by atoms with Crippen LogP contribution in [0.4, 0.5) is 0 Å². The molecule has 0 spiro atoms. The van der Waals surface area contributed by atoms with E-state index >= 15 is 0 Å². The molecule has 2 N–H and O–H groups in total. The van der Waals surface area contributed by atoms with Crippen LogP contribution in [0.25, 0.3) is 0 Å². The lowest BCUT2D eigenvalue weighted by Crippen LogP contribution is -2.41. The van der Waals surface area contributed by atoms with E-state index in [1.165, 1.54) is 31.4 Å². The minimum Gasteiger partial charge on any atom is -0.497 e. The van der Waals surface area contributed by atoms with Crippen LogP contribution in [-0.2, 0) is 21.4 Å². The van der Waals surface area contributed by atoms with Crippen LogP contribution in [0.2, 0.25) is 5.02 Å². The number of amides is 1. The van der Waals surface area contributed by atoms with Crippen LogP contribution in [0.15, 0.2) is 83.8 Å². The number of benzene rings is 3. The maximum absolute atomic E-state index is 13.6. The van der Waals surface area contributed by atoms with Gasteiger partial charge >= 0.3 is 0 Å². The summed E-state index contributed by atoms with van der Waals surface area (Å²) in [4.78, 5) is 12.5. The third-order valence-corrected chi connectivity index (χ3v) is 6.64. The smallest absolute Gasteiger partial charge is 0.244 e. The molecule has 30 heavy (non-hydrogen) atoms. The van der Waals surface area contributed by atoms with E-state index < -0.39 is 22.0 Å². The van der Waals surface area contributed by atoms with Crippen molar-refractivity contribution in [3.8, 4) is 5.75 Å². The van der Waals surface area contributed by atoms with Crippen LogP contribution < -0.4 is 10.5 Å². The Morgan fingerprint density at radius 3 is 2.30 bits per heavy atom. The molecule has 0 aliphatic rings. The molecule has 1 atom stereocenters. The molecule has 0 fully saturated rings. The zero-order chi connectivity index (χ0) is 21.7. The van der Waals surface area contributed by atoms with Gasteiger partial charge in [-0.2, -0.15) is 4.31 Å². The summed E-state index contributed by atoms with van der Waals surface area (Å²) in [6, 6.07) is 20.1. The second-order valence-corrected chi connectivity index (χ2v) is 8.90. The maximum atomic E-state index is 13.6. The number of nitrogens with zero attached hydrogens (tertiary/aromatic N) is 1. The van der Waals surface area contributed by atoms with Crippen molar-refractivity contribution in [2.45, 2.75) is 17.5 Å². The molecule has 6 nitrogen and oxygen atoms in total. The summed E-state index contributed by atoms with van der Waals surface area (Å²) in [7, 11) is -2.57. The van der Waals surface area contributed by atoms with Gasteiger partial charge in [0.1, 0.15) is 11.8 Å². The zero-order valence-electron chi connectivity index (χ0n) is 16.2. The molecule has 0 aliphatic carbocycles. The first-order valence-electron chi connectivity index (χ1n) is 9.07. The Morgan fingerprint density at radius 1 is 1.03 bits per heavy atom. The van der Waals surface area contributed by atoms with Crippen molar-refractivity contribution in [2.75, 3.05) is 7.11 Å². The topological polar surface area (TPSA) is 89.7 Å². The van der Waals surface area contributed by atoms with E-state index in [0.29, 0.717) is 21.9 Å². The van der Waals surface area contributed by atoms with Gasteiger partial charge < -0.3 is 10.5 Å². The highest BCUT2D eigenvalue weighted by molar-refractivity contribution is 7.89. The van der Waals surface area contributed by atoms with Gasteiger partial charge in [-0.15, -0.1) is 0 Å². The van der Waals surface area contributed by atoms with Crippen molar-refractivity contribution < 1.29 is 17.9 Å². The number of primary amides is 1. The van der Waals surface area contributed by atoms with Crippen molar-refractivity contribution in [3.63, 3.8) is 0 Å². The molecule has 0 aliphatic heterocycles. The summed E-state index contributed by atoms with van der Waals surface area (Å²) in [6.07, 6.45) is 0. The molecule has 0 aromatic heterocycles. The van der Waals surface area contributed by atoms with Crippen molar-refractivity contribution in [1.82, 2.24) is 4.31 Å². The molecule has 0 heterocycles. The lowest BCUT2D eigenvalue weighted by molar-refractivity contribution is -0.122. The molecule has 0 radical (unpaired) electrons. The van der Waals surface area contributed by atoms with Crippen LogP contribution in [-0.4, -0.2) is 25.7 Å². The van der Waals surface area contributed by atoms with Gasteiger partial charge in [0.2, 0.25) is 15.9 Å². The molecule has 0 unspecified atom stereocenters. The molecular formula is C22H21ClN2O4S. The van der Waals surface area contributed by atoms with E-state index in [-0.39, 0.29) is 11.4 Å². The molecule has 3 aromatic carbocycles. The van der Waals surface area contributed by atoms with Crippen LogP contribution in [0.1, 0.15) is 17.2 Å². The number of carbonyl (C=O) groups is 1. The number of rotatable bonds is 8. The van der Waals surface area contributed by atoms with Gasteiger partial charge in [0.05, 0.1) is 12.0 Å². The average molecular weight is 445 g/mol. The number of carbonyl (C=O) groups excluding carboxylic acids is 1. The van der Waals surface area contributed by atoms with Gasteiger partial charge in [0.25, 0.3) is 0 Å². The van der Waals surface area contributed by atoms with Crippen LogP contribution in [0.5, 0.6) is 5.75 Å². The predicted molar refractivity (Wildman–Crippen MR) is 116 cm³/mol. The molecule has 156 valence electrons. The van der Waals surface area contributed by atoms with E-state index in [9.17, 15) is 13.2 Å². The van der Waals surface area contributed by atoms with Gasteiger partial charge in [-0.05, 0) is 47.5 Å². The maximum Gasteiger partial charge on any atom is 0.244 e. The lowest BCUT2D eigenvalue weighted by Gasteiger charge is -2.29. The molecular weight excluding hydrogens is 424 g/mol. The molecule has 0 saturated carbocycles. The first-order valence-corrected chi connectivity index (χ1v) is 10.9. The summed E-state index contributed by atoms with van der Waals surface area (Å²) in [6.45, 7) is -0.0787. The Morgan fingerprint density at radius 2 is 1.70 bits per heavy atom. The number of hydrogen-bond donors (Lipinski definition) is 1. The Kier molecular flexibility index (Phi) is 6.77. The summed E-state index contributed by atoms with van der Waals surface area (Å²) < 4.78 is 33.5. The second-order valence-electron chi connectivity index (χ2n) is 6.57. The monoisotopic (exact) mass is 444 g/mol. The number of halogens is 1. The number of ether oxygens (including phenoxy) is 1. The molecule has 1 amide bonds. The summed E-state index contributed by atoms with van der Waals surface area (Å²) in [5, 5.41) is 0.405. The number of hydrogen-bond acceptors (Lipinski definition) is 4. The van der Waals surface area contributed by atoms with Gasteiger partial charge in [-0.3, -0.25) is 4.79 Å². The SMILES string of the molecule is COc1cccc(CN([C@@H](C(N)=O)c2ccccc2)S(=O)(=O)c2ccc(Cl)cc2)c1. The Hall–Kier alpha value is -2.87. The number of methoxy groups -OCH3 is 1. The standard InChI is InChI=1S/C22H21ClN2O4S/c1-29-19-9-5-6-16(14-19)15-25(21(22(24)26)17-7-3-2-4-8-17)30(27,28)20-12-10-18(23)11-13-20/h2-14,21H,15H2,1H3,(H2,24,26)/t21-/m1/s1.